The zero-order chi connectivity index (χ0) is 16.6. The molecule has 0 unspecified atom stereocenters. The number of nitrogens with one attached hydrogen (secondary N) is 2. The van der Waals surface area contributed by atoms with Gasteiger partial charge in [0, 0.05) is 13.1 Å². The summed E-state index contributed by atoms with van der Waals surface area (Å²) < 4.78 is 1.74. The molecule has 132 valence electrons. The van der Waals surface area contributed by atoms with Gasteiger partial charge in [0.05, 0.1) is 12.2 Å². The molecule has 0 fully saturated rings. The predicted molar refractivity (Wildman–Crippen MR) is 113 cm³/mol. The number of halogens is 1. The Kier molecular flexibility index (Phi) is 7.86. The molecule has 2 heterocycles. The van der Waals surface area contributed by atoms with Crippen LogP contribution in [0.3, 0.4) is 0 Å². The summed E-state index contributed by atoms with van der Waals surface area (Å²) in [5, 5.41) is 14.9. The van der Waals surface area contributed by atoms with Crippen LogP contribution >= 0.6 is 35.3 Å². The molecule has 0 aliphatic carbocycles. The first kappa shape index (κ1) is 19.4. The van der Waals surface area contributed by atoms with Crippen LogP contribution in [0.2, 0.25) is 0 Å². The number of benzene rings is 1. The maximum Gasteiger partial charge on any atom is 0.191 e. The number of aliphatic imine (C=N–C) groups is 1. The molecular formula is C17H21IN6S. The number of rotatable bonds is 6. The van der Waals surface area contributed by atoms with Crippen LogP contribution in [0.25, 0.3) is 5.69 Å². The van der Waals surface area contributed by atoms with E-state index in [0.29, 0.717) is 13.1 Å². The van der Waals surface area contributed by atoms with Crippen LogP contribution < -0.4 is 10.6 Å². The molecule has 0 bridgehead atoms. The normalized spacial score (nSPS) is 11.0. The molecule has 3 rings (SSSR count). The molecule has 0 saturated heterocycles. The van der Waals surface area contributed by atoms with Gasteiger partial charge in [-0.15, -0.1) is 24.0 Å². The van der Waals surface area contributed by atoms with E-state index in [-0.39, 0.29) is 24.0 Å². The fraction of sp³-hybridized carbons (Fsp3) is 0.235. The van der Waals surface area contributed by atoms with E-state index in [2.05, 4.69) is 61.6 Å². The average Bonchev–Trinajstić information content (AvgIpc) is 3.31. The molecule has 0 aliphatic heterocycles. The van der Waals surface area contributed by atoms with Gasteiger partial charge in [-0.3, -0.25) is 0 Å². The van der Waals surface area contributed by atoms with Crippen molar-refractivity contribution < 1.29 is 0 Å². The summed E-state index contributed by atoms with van der Waals surface area (Å²) in [5.41, 5.74) is 3.41. The maximum absolute atomic E-state index is 4.61. The van der Waals surface area contributed by atoms with Gasteiger partial charge in [0.25, 0.3) is 0 Å². The lowest BCUT2D eigenvalue weighted by molar-refractivity contribution is 0.815. The van der Waals surface area contributed by atoms with E-state index in [4.69, 9.17) is 0 Å². The first-order valence-corrected chi connectivity index (χ1v) is 8.76. The van der Waals surface area contributed by atoms with E-state index in [1.54, 1.807) is 22.3 Å². The largest absolute Gasteiger partial charge is 0.357 e. The molecule has 0 saturated carbocycles. The summed E-state index contributed by atoms with van der Waals surface area (Å²) >= 11 is 1.69. The van der Waals surface area contributed by atoms with Gasteiger partial charge in [0.1, 0.15) is 12.7 Å². The van der Waals surface area contributed by atoms with Gasteiger partial charge in [-0.05, 0) is 47.0 Å². The van der Waals surface area contributed by atoms with E-state index in [1.165, 1.54) is 17.5 Å². The smallest absolute Gasteiger partial charge is 0.191 e. The van der Waals surface area contributed by atoms with E-state index >= 15 is 0 Å². The monoisotopic (exact) mass is 468 g/mol. The van der Waals surface area contributed by atoms with Crippen LogP contribution in [0.4, 0.5) is 0 Å². The topological polar surface area (TPSA) is 67.1 Å². The molecule has 2 N–H and O–H groups in total. The molecule has 8 heteroatoms. The van der Waals surface area contributed by atoms with Crippen molar-refractivity contribution in [2.24, 2.45) is 4.99 Å². The van der Waals surface area contributed by atoms with E-state index in [0.717, 1.165) is 18.2 Å². The molecule has 0 amide bonds. The Balaban J connectivity index is 0.00000225. The highest BCUT2D eigenvalue weighted by Gasteiger charge is 2.01. The summed E-state index contributed by atoms with van der Waals surface area (Å²) in [6.45, 7) is 4.30. The van der Waals surface area contributed by atoms with Crippen LogP contribution in [0, 0.1) is 0 Å². The molecule has 0 spiro atoms. The van der Waals surface area contributed by atoms with Crippen molar-refractivity contribution in [3.05, 3.63) is 64.9 Å². The number of hydrogen-bond acceptors (Lipinski definition) is 4. The van der Waals surface area contributed by atoms with Gasteiger partial charge in [-0.2, -0.15) is 16.4 Å². The van der Waals surface area contributed by atoms with Crippen molar-refractivity contribution in [3.63, 3.8) is 0 Å². The average molecular weight is 468 g/mol. The SMILES string of the molecule is CCNC(=NCc1ccsc1)NCc1ccc(-n2cncn2)cc1.I. The maximum atomic E-state index is 4.61. The lowest BCUT2D eigenvalue weighted by Gasteiger charge is -2.11. The Morgan fingerprint density at radius 1 is 1.16 bits per heavy atom. The second-order valence-corrected chi connectivity index (χ2v) is 5.97. The molecule has 6 nitrogen and oxygen atoms in total. The Hall–Kier alpha value is -1.94. The molecule has 25 heavy (non-hydrogen) atoms. The second kappa shape index (κ2) is 10.1. The third-order valence-electron chi connectivity index (χ3n) is 3.42. The minimum absolute atomic E-state index is 0. The zero-order valence-electron chi connectivity index (χ0n) is 13.9. The van der Waals surface area contributed by atoms with E-state index in [1.807, 2.05) is 12.1 Å². The molecular weight excluding hydrogens is 447 g/mol. The van der Waals surface area contributed by atoms with E-state index in [9.17, 15) is 0 Å². The van der Waals surface area contributed by atoms with Crippen LogP contribution in [0.15, 0.2) is 58.7 Å². The lowest BCUT2D eigenvalue weighted by Crippen LogP contribution is -2.36. The predicted octanol–water partition coefficient (Wildman–Crippen LogP) is 3.20. The van der Waals surface area contributed by atoms with Crippen LogP contribution in [-0.4, -0.2) is 27.3 Å². The summed E-state index contributed by atoms with van der Waals surface area (Å²) in [6, 6.07) is 10.3. The zero-order valence-corrected chi connectivity index (χ0v) is 17.1. The molecule has 0 aliphatic rings. The van der Waals surface area contributed by atoms with Gasteiger partial charge in [0.2, 0.25) is 0 Å². The third kappa shape index (κ3) is 5.82. The van der Waals surface area contributed by atoms with Gasteiger partial charge < -0.3 is 10.6 Å². The van der Waals surface area contributed by atoms with Crippen molar-refractivity contribution >= 4 is 41.3 Å². The minimum atomic E-state index is 0. The number of hydrogen-bond donors (Lipinski definition) is 2. The van der Waals surface area contributed by atoms with Crippen LogP contribution in [0.1, 0.15) is 18.1 Å². The highest BCUT2D eigenvalue weighted by Crippen LogP contribution is 2.08. The standard InChI is InChI=1S/C17H20N6S.HI/c1-2-19-17(21-10-15-7-8-24-11-15)20-9-14-3-5-16(6-4-14)23-13-18-12-22-23;/h3-8,11-13H,2,9-10H2,1H3,(H2,19,20,21);1H. The highest BCUT2D eigenvalue weighted by molar-refractivity contribution is 14.0. The van der Waals surface area contributed by atoms with Gasteiger partial charge in [-0.1, -0.05) is 12.1 Å². The van der Waals surface area contributed by atoms with Crippen molar-refractivity contribution in [2.45, 2.75) is 20.0 Å². The molecule has 1 aromatic carbocycles. The van der Waals surface area contributed by atoms with Gasteiger partial charge in [0.15, 0.2) is 5.96 Å². The van der Waals surface area contributed by atoms with Crippen molar-refractivity contribution in [1.82, 2.24) is 25.4 Å². The third-order valence-corrected chi connectivity index (χ3v) is 4.16. The summed E-state index contributed by atoms with van der Waals surface area (Å²) in [4.78, 5) is 8.57. The first-order chi connectivity index (χ1) is 11.8. The Morgan fingerprint density at radius 3 is 2.64 bits per heavy atom. The van der Waals surface area contributed by atoms with Gasteiger partial charge >= 0.3 is 0 Å². The van der Waals surface area contributed by atoms with Gasteiger partial charge in [-0.25, -0.2) is 14.7 Å². The van der Waals surface area contributed by atoms with Crippen molar-refractivity contribution in [3.8, 4) is 5.69 Å². The van der Waals surface area contributed by atoms with Crippen LogP contribution in [-0.2, 0) is 13.1 Å². The summed E-state index contributed by atoms with van der Waals surface area (Å²) in [5.74, 6) is 0.823. The fourth-order valence-electron chi connectivity index (χ4n) is 2.19. The Morgan fingerprint density at radius 2 is 2.00 bits per heavy atom. The molecule has 3 aromatic rings. The number of thiophene rings is 1. The lowest BCUT2D eigenvalue weighted by atomic mass is 10.2. The Labute approximate surface area is 168 Å². The number of aromatic nitrogens is 3. The van der Waals surface area contributed by atoms with E-state index < -0.39 is 0 Å². The number of guanidine groups is 1. The molecule has 0 radical (unpaired) electrons. The Bertz CT molecular complexity index is 753. The highest BCUT2D eigenvalue weighted by atomic mass is 127. The summed E-state index contributed by atoms with van der Waals surface area (Å²) in [7, 11) is 0. The second-order valence-electron chi connectivity index (χ2n) is 5.19. The fourth-order valence-corrected chi connectivity index (χ4v) is 2.85. The first-order valence-electron chi connectivity index (χ1n) is 7.82. The molecule has 0 atom stereocenters. The van der Waals surface area contributed by atoms with Crippen molar-refractivity contribution in [2.75, 3.05) is 6.54 Å². The minimum Gasteiger partial charge on any atom is -0.357 e. The quantitative estimate of drug-likeness (QED) is 0.331. The van der Waals surface area contributed by atoms with Crippen LogP contribution in [0.5, 0.6) is 0 Å². The molecule has 2 aromatic heterocycles. The van der Waals surface area contributed by atoms with Crippen molar-refractivity contribution in [1.29, 1.82) is 0 Å². The number of nitrogens with zero attached hydrogens (tertiary/aromatic N) is 4. The summed E-state index contributed by atoms with van der Waals surface area (Å²) in [6.07, 6.45) is 3.22.